The maximum Gasteiger partial charge on any atom is 0.225 e. The minimum atomic E-state index is -0.817. The van der Waals surface area contributed by atoms with Crippen molar-refractivity contribution in [2.45, 2.75) is 64.9 Å². The van der Waals surface area contributed by atoms with Crippen LogP contribution < -0.4 is 5.32 Å². The highest BCUT2D eigenvalue weighted by molar-refractivity contribution is 5.81. The summed E-state index contributed by atoms with van der Waals surface area (Å²) in [6.45, 7) is 7.39. The lowest BCUT2D eigenvalue weighted by Gasteiger charge is -2.33. The van der Waals surface area contributed by atoms with Gasteiger partial charge in [0, 0.05) is 26.1 Å². The molecule has 0 saturated carbocycles. The Morgan fingerprint density at radius 1 is 1.29 bits per heavy atom. The third kappa shape index (κ3) is 5.30. The number of piperidine rings is 1. The van der Waals surface area contributed by atoms with E-state index in [1.807, 2.05) is 25.7 Å². The molecular weight excluding hydrogens is 268 g/mol. The number of carbonyl (C=O) groups is 2. The quantitative estimate of drug-likeness (QED) is 0.751. The van der Waals surface area contributed by atoms with E-state index in [1.165, 1.54) is 0 Å². The molecule has 2 N–H and O–H groups in total. The zero-order valence-corrected chi connectivity index (χ0v) is 13.7. The smallest absolute Gasteiger partial charge is 0.225 e. The van der Waals surface area contributed by atoms with E-state index in [0.29, 0.717) is 25.8 Å². The van der Waals surface area contributed by atoms with E-state index in [4.69, 9.17) is 0 Å². The van der Waals surface area contributed by atoms with Gasteiger partial charge in [0.05, 0.1) is 11.5 Å². The monoisotopic (exact) mass is 298 g/mol. The van der Waals surface area contributed by atoms with E-state index in [1.54, 1.807) is 0 Å². The Hall–Kier alpha value is -1.10. The molecule has 1 unspecified atom stereocenters. The van der Waals surface area contributed by atoms with Crippen LogP contribution in [-0.4, -0.2) is 47.1 Å². The summed E-state index contributed by atoms with van der Waals surface area (Å²) in [6.07, 6.45) is 4.33. The minimum absolute atomic E-state index is 0.0377. The second-order valence-corrected chi connectivity index (χ2v) is 6.08. The molecule has 0 aliphatic carbocycles. The Kier molecular flexibility index (Phi) is 7.15. The molecule has 2 amide bonds. The standard InChI is InChI=1S/C16H30N2O3/c1-4-8-14(19)18-10-7-9-13(11-18)15(20)17-12-16(21,5-2)6-3/h13,21H,4-12H2,1-3H3,(H,17,20). The Morgan fingerprint density at radius 2 is 1.95 bits per heavy atom. The largest absolute Gasteiger partial charge is 0.388 e. The molecule has 0 aromatic heterocycles. The van der Waals surface area contributed by atoms with E-state index in [0.717, 1.165) is 25.8 Å². The van der Waals surface area contributed by atoms with Gasteiger partial charge in [0.1, 0.15) is 0 Å². The fourth-order valence-corrected chi connectivity index (χ4v) is 2.69. The highest BCUT2D eigenvalue weighted by Crippen LogP contribution is 2.19. The first kappa shape index (κ1) is 18.0. The summed E-state index contributed by atoms with van der Waals surface area (Å²) in [5, 5.41) is 13.1. The number of nitrogens with one attached hydrogen (secondary N) is 1. The lowest BCUT2D eigenvalue weighted by molar-refractivity contribution is -0.136. The minimum Gasteiger partial charge on any atom is -0.388 e. The summed E-state index contributed by atoms with van der Waals surface area (Å²) < 4.78 is 0. The van der Waals surface area contributed by atoms with Crippen LogP contribution in [0.25, 0.3) is 0 Å². The molecule has 1 aliphatic rings. The SMILES string of the molecule is CCCC(=O)N1CCCC(C(=O)NCC(O)(CC)CC)C1. The van der Waals surface area contributed by atoms with Gasteiger partial charge in [-0.1, -0.05) is 20.8 Å². The number of hydrogen-bond acceptors (Lipinski definition) is 3. The molecule has 0 radical (unpaired) electrons. The topological polar surface area (TPSA) is 69.6 Å². The molecule has 0 spiro atoms. The average Bonchev–Trinajstić information content (AvgIpc) is 2.52. The average molecular weight is 298 g/mol. The summed E-state index contributed by atoms with van der Waals surface area (Å²) in [7, 11) is 0. The van der Waals surface area contributed by atoms with E-state index >= 15 is 0 Å². The lowest BCUT2D eigenvalue weighted by Crippen LogP contribution is -2.48. The zero-order chi connectivity index (χ0) is 15.9. The number of rotatable bonds is 7. The van der Waals surface area contributed by atoms with E-state index in [2.05, 4.69) is 5.32 Å². The molecule has 0 aromatic carbocycles. The molecule has 122 valence electrons. The van der Waals surface area contributed by atoms with Crippen LogP contribution >= 0.6 is 0 Å². The lowest BCUT2D eigenvalue weighted by atomic mass is 9.94. The van der Waals surface area contributed by atoms with Crippen molar-refractivity contribution >= 4 is 11.8 Å². The Balaban J connectivity index is 2.48. The fourth-order valence-electron chi connectivity index (χ4n) is 2.69. The summed E-state index contributed by atoms with van der Waals surface area (Å²) in [5.41, 5.74) is -0.817. The van der Waals surface area contributed by atoms with Gasteiger partial charge in [0.25, 0.3) is 0 Å². The molecule has 1 aliphatic heterocycles. The molecule has 0 bridgehead atoms. The highest BCUT2D eigenvalue weighted by atomic mass is 16.3. The predicted octanol–water partition coefficient (Wildman–Crippen LogP) is 1.69. The molecule has 0 aromatic rings. The molecule has 1 saturated heterocycles. The Labute approximate surface area is 128 Å². The van der Waals surface area contributed by atoms with Gasteiger partial charge in [0.2, 0.25) is 11.8 Å². The second-order valence-electron chi connectivity index (χ2n) is 6.08. The van der Waals surface area contributed by atoms with Crippen molar-refractivity contribution in [2.75, 3.05) is 19.6 Å². The van der Waals surface area contributed by atoms with Gasteiger partial charge in [-0.15, -0.1) is 0 Å². The van der Waals surface area contributed by atoms with Crippen LogP contribution in [0.3, 0.4) is 0 Å². The van der Waals surface area contributed by atoms with Crippen molar-refractivity contribution in [3.05, 3.63) is 0 Å². The molecule has 21 heavy (non-hydrogen) atoms. The van der Waals surface area contributed by atoms with Gasteiger partial charge in [-0.25, -0.2) is 0 Å². The molecule has 1 fully saturated rings. The van der Waals surface area contributed by atoms with Gasteiger partial charge in [0.15, 0.2) is 0 Å². The van der Waals surface area contributed by atoms with Crippen LogP contribution in [0.1, 0.15) is 59.3 Å². The summed E-state index contributed by atoms with van der Waals surface area (Å²) in [6, 6.07) is 0. The van der Waals surface area contributed by atoms with Crippen molar-refractivity contribution in [2.24, 2.45) is 5.92 Å². The first-order valence-corrected chi connectivity index (χ1v) is 8.23. The third-order valence-electron chi connectivity index (χ3n) is 4.52. The second kappa shape index (κ2) is 8.37. The van der Waals surface area contributed by atoms with Crippen molar-refractivity contribution in [1.82, 2.24) is 10.2 Å². The molecule has 1 heterocycles. The normalized spacial score (nSPS) is 19.4. The Morgan fingerprint density at radius 3 is 2.52 bits per heavy atom. The molecule has 5 nitrogen and oxygen atoms in total. The summed E-state index contributed by atoms with van der Waals surface area (Å²) >= 11 is 0. The van der Waals surface area contributed by atoms with Crippen molar-refractivity contribution in [3.8, 4) is 0 Å². The van der Waals surface area contributed by atoms with Crippen LogP contribution in [0.4, 0.5) is 0 Å². The molecular formula is C16H30N2O3. The van der Waals surface area contributed by atoms with E-state index in [-0.39, 0.29) is 24.3 Å². The van der Waals surface area contributed by atoms with Crippen molar-refractivity contribution < 1.29 is 14.7 Å². The van der Waals surface area contributed by atoms with E-state index < -0.39 is 5.60 Å². The van der Waals surface area contributed by atoms with Gasteiger partial charge in [-0.3, -0.25) is 9.59 Å². The maximum absolute atomic E-state index is 12.2. The summed E-state index contributed by atoms with van der Waals surface area (Å²) in [5.74, 6) is -0.0320. The van der Waals surface area contributed by atoms with E-state index in [9.17, 15) is 14.7 Å². The van der Waals surface area contributed by atoms with Crippen LogP contribution in [0.2, 0.25) is 0 Å². The van der Waals surface area contributed by atoms with Gasteiger partial charge in [-0.2, -0.15) is 0 Å². The first-order valence-electron chi connectivity index (χ1n) is 8.23. The van der Waals surface area contributed by atoms with Crippen molar-refractivity contribution in [1.29, 1.82) is 0 Å². The predicted molar refractivity (Wildman–Crippen MR) is 82.8 cm³/mol. The molecule has 1 atom stereocenters. The van der Waals surface area contributed by atoms with Crippen LogP contribution in [0.15, 0.2) is 0 Å². The Bertz CT molecular complexity index is 353. The van der Waals surface area contributed by atoms with Crippen LogP contribution in [-0.2, 0) is 9.59 Å². The zero-order valence-electron chi connectivity index (χ0n) is 13.7. The molecule has 1 rings (SSSR count). The molecule has 5 heteroatoms. The summed E-state index contributed by atoms with van der Waals surface area (Å²) in [4.78, 5) is 26.0. The number of aliphatic hydroxyl groups is 1. The van der Waals surface area contributed by atoms with Crippen molar-refractivity contribution in [3.63, 3.8) is 0 Å². The fraction of sp³-hybridized carbons (Fsp3) is 0.875. The number of likely N-dealkylation sites (tertiary alicyclic amines) is 1. The van der Waals surface area contributed by atoms with Crippen LogP contribution in [0.5, 0.6) is 0 Å². The number of nitrogens with zero attached hydrogens (tertiary/aromatic N) is 1. The number of carbonyl (C=O) groups excluding carboxylic acids is 2. The van der Waals surface area contributed by atoms with Gasteiger partial charge in [-0.05, 0) is 32.1 Å². The van der Waals surface area contributed by atoms with Gasteiger partial charge < -0.3 is 15.3 Å². The highest BCUT2D eigenvalue weighted by Gasteiger charge is 2.30. The number of hydrogen-bond donors (Lipinski definition) is 2. The number of amides is 2. The van der Waals surface area contributed by atoms with Gasteiger partial charge >= 0.3 is 0 Å². The van der Waals surface area contributed by atoms with Crippen LogP contribution in [0, 0.1) is 5.92 Å². The maximum atomic E-state index is 12.2. The third-order valence-corrected chi connectivity index (χ3v) is 4.52. The first-order chi connectivity index (χ1) is 9.95.